The maximum absolute atomic E-state index is 12.7. The van der Waals surface area contributed by atoms with E-state index in [-0.39, 0.29) is 16.7 Å². The molecule has 50 heavy (non-hydrogen) atoms. The highest BCUT2D eigenvalue weighted by Crippen LogP contribution is 2.44. The van der Waals surface area contributed by atoms with Gasteiger partial charge in [-0.25, -0.2) is 0 Å². The van der Waals surface area contributed by atoms with Crippen molar-refractivity contribution in [2.24, 2.45) is 15.6 Å². The number of methoxy groups -OCH3 is 1. The number of thioether (sulfide) groups is 1. The number of hydrogen-bond donors (Lipinski definition) is 1. The topological polar surface area (TPSA) is 106 Å². The first kappa shape index (κ1) is 35.3. The van der Waals surface area contributed by atoms with E-state index in [0.717, 1.165) is 68.8 Å². The molecular formula is C40H46N4O5S. The number of carboxylic acids is 1. The van der Waals surface area contributed by atoms with Crippen LogP contribution in [0.15, 0.2) is 81.8 Å². The fraction of sp³-hybridized carbons (Fsp3) is 0.400. The number of carbonyl (C=O) groups excluding carboxylic acids is 1. The molecule has 3 aromatic carbocycles. The minimum atomic E-state index is -0.989. The summed E-state index contributed by atoms with van der Waals surface area (Å²) in [6, 6.07) is 22.4. The summed E-state index contributed by atoms with van der Waals surface area (Å²) in [6.45, 7) is 12.6. The minimum Gasteiger partial charge on any atom is -0.491 e. The van der Waals surface area contributed by atoms with Gasteiger partial charge in [0.15, 0.2) is 0 Å². The Morgan fingerprint density at radius 3 is 2.36 bits per heavy atom. The second-order valence-electron chi connectivity index (χ2n) is 14.7. The molecule has 0 saturated heterocycles. The summed E-state index contributed by atoms with van der Waals surface area (Å²) in [5, 5.41) is 19.8. The molecule has 6 rings (SSSR count). The Morgan fingerprint density at radius 1 is 0.980 bits per heavy atom. The molecule has 10 heteroatoms. The number of anilines is 1. The average molecular weight is 695 g/mol. The lowest BCUT2D eigenvalue weighted by Crippen LogP contribution is -2.40. The van der Waals surface area contributed by atoms with Crippen LogP contribution in [-0.2, 0) is 33.7 Å². The number of ether oxygens (including phenoxy) is 2. The molecule has 0 bridgehead atoms. The first-order chi connectivity index (χ1) is 23.7. The van der Waals surface area contributed by atoms with E-state index in [1.165, 1.54) is 0 Å². The van der Waals surface area contributed by atoms with Crippen LogP contribution < -0.4 is 9.64 Å². The number of aromatic nitrogens is 1. The summed E-state index contributed by atoms with van der Waals surface area (Å²) in [5.41, 5.74) is 6.15. The first-order valence-electron chi connectivity index (χ1n) is 17.1. The summed E-state index contributed by atoms with van der Waals surface area (Å²) in [7, 11) is 1.61. The fourth-order valence-corrected chi connectivity index (χ4v) is 7.89. The highest BCUT2D eigenvalue weighted by Gasteiger charge is 2.34. The molecule has 0 aliphatic carbocycles. The number of amides is 1. The number of nitrogens with zero attached hydrogens (tertiary/aromatic N) is 4. The number of carboxylic acid groups (broad SMARTS) is 1. The normalized spacial score (nSPS) is 16.2. The van der Waals surface area contributed by atoms with E-state index in [1.807, 2.05) is 29.2 Å². The van der Waals surface area contributed by atoms with Gasteiger partial charge in [0.1, 0.15) is 12.4 Å². The molecule has 0 spiro atoms. The van der Waals surface area contributed by atoms with E-state index in [4.69, 9.17) is 9.47 Å². The van der Waals surface area contributed by atoms with Crippen molar-refractivity contribution in [2.75, 3.05) is 18.6 Å². The standard InChI is InChI=1S/C40H46N4O5S/c1-25(45)44-29(20-28-10-8-9-11-33(28)44)24-49-30-16-18-34-31(21-30)37(50-39(2,3)4)35(22-40(5,6)38(46)47)43(34)23-26-12-14-27(15-13-26)32-17-19-36(48-7)42-41-32/h8-16,18,21,29H,17,19-20,22-24H2,1-7H3,(H,46,47)/t29-/m0/s1. The monoisotopic (exact) mass is 694 g/mol. The third-order valence-corrected chi connectivity index (χ3v) is 10.5. The van der Waals surface area contributed by atoms with E-state index in [2.05, 4.69) is 78.0 Å². The van der Waals surface area contributed by atoms with Crippen LogP contribution in [0.2, 0.25) is 0 Å². The van der Waals surface area contributed by atoms with Crippen molar-refractivity contribution in [3.05, 3.63) is 89.1 Å². The molecule has 0 saturated carbocycles. The zero-order chi connectivity index (χ0) is 35.8. The lowest BCUT2D eigenvalue weighted by atomic mass is 9.88. The highest BCUT2D eigenvalue weighted by atomic mass is 32.2. The third kappa shape index (κ3) is 7.45. The number of benzene rings is 3. The maximum atomic E-state index is 12.7. The summed E-state index contributed by atoms with van der Waals surface area (Å²) in [5.74, 6) is 0.515. The Kier molecular flexibility index (Phi) is 9.86. The van der Waals surface area contributed by atoms with Gasteiger partial charge in [0.2, 0.25) is 11.8 Å². The molecule has 1 aromatic heterocycles. The van der Waals surface area contributed by atoms with Crippen LogP contribution in [0.5, 0.6) is 5.75 Å². The summed E-state index contributed by atoms with van der Waals surface area (Å²) in [4.78, 5) is 28.0. The zero-order valence-corrected chi connectivity index (χ0v) is 30.8. The number of rotatable bonds is 10. The molecule has 1 N–H and O–H groups in total. The van der Waals surface area contributed by atoms with E-state index >= 15 is 0 Å². The van der Waals surface area contributed by atoms with Crippen molar-refractivity contribution in [2.45, 2.75) is 89.5 Å². The van der Waals surface area contributed by atoms with Gasteiger partial charge in [0, 0.05) is 64.7 Å². The number of aliphatic carboxylic acids is 1. The molecular weight excluding hydrogens is 649 g/mol. The van der Waals surface area contributed by atoms with Crippen molar-refractivity contribution < 1.29 is 24.2 Å². The molecule has 262 valence electrons. The van der Waals surface area contributed by atoms with Gasteiger partial charge in [0.05, 0.1) is 24.3 Å². The lowest BCUT2D eigenvalue weighted by Gasteiger charge is -2.24. The summed E-state index contributed by atoms with van der Waals surface area (Å²) < 4.78 is 13.8. The molecule has 0 unspecified atom stereocenters. The SMILES string of the molecule is COC1=NN=C(c2ccc(Cn3c(CC(C)(C)C(=O)O)c(SC(C)(C)C)c4cc(OC[C@@H]5Cc6ccccc6N5C(C)=O)ccc43)cc2)CC1. The Morgan fingerprint density at radius 2 is 1.72 bits per heavy atom. The number of fused-ring (bicyclic) bond motifs is 2. The highest BCUT2D eigenvalue weighted by molar-refractivity contribution is 8.00. The molecule has 4 aromatic rings. The molecule has 0 fully saturated rings. The molecule has 0 radical (unpaired) electrons. The van der Waals surface area contributed by atoms with Crippen molar-refractivity contribution in [3.63, 3.8) is 0 Å². The summed E-state index contributed by atoms with van der Waals surface area (Å²) in [6.07, 6.45) is 2.58. The van der Waals surface area contributed by atoms with Crippen LogP contribution in [0.1, 0.15) is 76.8 Å². The Hall–Kier alpha value is -4.57. The Balaban J connectivity index is 1.36. The number of para-hydroxylation sites is 1. The second-order valence-corrected chi connectivity index (χ2v) is 16.6. The van der Waals surface area contributed by atoms with Crippen molar-refractivity contribution in [3.8, 4) is 5.75 Å². The van der Waals surface area contributed by atoms with Gasteiger partial charge in [-0.1, -0.05) is 63.2 Å². The molecule has 2 aliphatic rings. The number of carbonyl (C=O) groups is 2. The lowest BCUT2D eigenvalue weighted by molar-refractivity contribution is -0.146. The van der Waals surface area contributed by atoms with Crippen LogP contribution in [0.25, 0.3) is 10.9 Å². The molecule has 1 amide bonds. The van der Waals surface area contributed by atoms with Crippen molar-refractivity contribution in [1.82, 2.24) is 4.57 Å². The summed E-state index contributed by atoms with van der Waals surface area (Å²) >= 11 is 1.75. The van der Waals surface area contributed by atoms with Gasteiger partial charge in [0.25, 0.3) is 0 Å². The van der Waals surface area contributed by atoms with Gasteiger partial charge >= 0.3 is 5.97 Å². The predicted octanol–water partition coefficient (Wildman–Crippen LogP) is 8.13. The maximum Gasteiger partial charge on any atom is 0.309 e. The Bertz CT molecular complexity index is 1990. The van der Waals surface area contributed by atoms with Crippen LogP contribution in [0.3, 0.4) is 0 Å². The largest absolute Gasteiger partial charge is 0.491 e. The van der Waals surface area contributed by atoms with E-state index in [1.54, 1.807) is 39.6 Å². The van der Waals surface area contributed by atoms with E-state index in [0.29, 0.717) is 31.2 Å². The van der Waals surface area contributed by atoms with Crippen LogP contribution in [0, 0.1) is 5.41 Å². The molecule has 2 aliphatic heterocycles. The van der Waals surface area contributed by atoms with Gasteiger partial charge in [-0.05, 0) is 61.2 Å². The minimum absolute atomic E-state index is 0.000809. The quantitative estimate of drug-likeness (QED) is 0.168. The van der Waals surface area contributed by atoms with Gasteiger partial charge < -0.3 is 24.0 Å². The van der Waals surface area contributed by atoms with Crippen molar-refractivity contribution in [1.29, 1.82) is 0 Å². The molecule has 3 heterocycles. The smallest absolute Gasteiger partial charge is 0.309 e. The van der Waals surface area contributed by atoms with Crippen LogP contribution in [-0.4, -0.2) is 57.7 Å². The van der Waals surface area contributed by atoms with Crippen LogP contribution in [0.4, 0.5) is 5.69 Å². The van der Waals surface area contributed by atoms with Crippen molar-refractivity contribution >= 4 is 51.8 Å². The fourth-order valence-electron chi connectivity index (χ4n) is 6.70. The van der Waals surface area contributed by atoms with E-state index < -0.39 is 11.4 Å². The predicted molar refractivity (Wildman–Crippen MR) is 201 cm³/mol. The van der Waals surface area contributed by atoms with Gasteiger partial charge in [-0.3, -0.25) is 9.59 Å². The molecule has 9 nitrogen and oxygen atoms in total. The van der Waals surface area contributed by atoms with E-state index in [9.17, 15) is 14.7 Å². The molecule has 1 atom stereocenters. The van der Waals surface area contributed by atoms with Gasteiger partial charge in [-0.15, -0.1) is 16.9 Å². The van der Waals surface area contributed by atoms with Gasteiger partial charge in [-0.2, -0.15) is 5.10 Å². The zero-order valence-electron chi connectivity index (χ0n) is 29.9. The number of hydrogen-bond acceptors (Lipinski definition) is 7. The second kappa shape index (κ2) is 14.0. The van der Waals surface area contributed by atoms with Crippen LogP contribution >= 0.6 is 11.8 Å². The third-order valence-electron chi connectivity index (χ3n) is 9.26. The first-order valence-corrected chi connectivity index (χ1v) is 17.9. The Labute approximate surface area is 298 Å². The average Bonchev–Trinajstić information content (AvgIpc) is 3.58.